The topological polar surface area (TPSA) is 36.7 Å². The number of hydrogen-bond donors (Lipinski definition) is 0. The first-order valence-electron chi connectivity index (χ1n) is 10.9. The van der Waals surface area contributed by atoms with Crippen LogP contribution < -0.4 is 4.90 Å². The summed E-state index contributed by atoms with van der Waals surface area (Å²) in [5.41, 5.74) is 6.17. The number of rotatable bonds is 5. The van der Waals surface area contributed by atoms with Crippen molar-refractivity contribution < 1.29 is 0 Å². The zero-order valence-corrected chi connectivity index (χ0v) is 19.0. The molecular formula is C26H26ClN5. The van der Waals surface area contributed by atoms with Gasteiger partial charge in [-0.1, -0.05) is 66.2 Å². The molecular weight excluding hydrogens is 418 g/mol. The maximum absolute atomic E-state index is 6.11. The van der Waals surface area contributed by atoms with E-state index in [1.54, 1.807) is 0 Å². The van der Waals surface area contributed by atoms with Gasteiger partial charge in [-0.25, -0.2) is 4.98 Å². The monoisotopic (exact) mass is 443 g/mol. The van der Waals surface area contributed by atoms with E-state index in [2.05, 4.69) is 41.5 Å². The van der Waals surface area contributed by atoms with Crippen LogP contribution in [0, 0.1) is 0 Å². The Morgan fingerprint density at radius 1 is 0.969 bits per heavy atom. The minimum Gasteiger partial charge on any atom is -0.354 e. The van der Waals surface area contributed by atoms with E-state index in [4.69, 9.17) is 21.7 Å². The average Bonchev–Trinajstić information content (AvgIpc) is 3.24. The van der Waals surface area contributed by atoms with E-state index in [-0.39, 0.29) is 0 Å². The molecule has 0 radical (unpaired) electrons. The number of aromatic nitrogens is 3. The first-order valence-corrected chi connectivity index (χ1v) is 11.3. The van der Waals surface area contributed by atoms with Gasteiger partial charge in [0, 0.05) is 54.9 Å². The second-order valence-electron chi connectivity index (χ2n) is 8.39. The highest BCUT2D eigenvalue weighted by atomic mass is 35.5. The Balaban J connectivity index is 1.59. The number of nitrogens with zero attached hydrogens (tertiary/aromatic N) is 5. The molecule has 0 atom stereocenters. The number of halogens is 1. The molecule has 1 fully saturated rings. The Kier molecular flexibility index (Phi) is 5.68. The Morgan fingerprint density at radius 2 is 1.69 bits per heavy atom. The van der Waals surface area contributed by atoms with E-state index in [0.29, 0.717) is 0 Å². The molecule has 2 aromatic heterocycles. The average molecular weight is 444 g/mol. The molecule has 4 aromatic rings. The number of hydrogen-bond acceptors (Lipinski definition) is 4. The summed E-state index contributed by atoms with van der Waals surface area (Å²) in [6.07, 6.45) is 1.90. The molecule has 2 aromatic carbocycles. The van der Waals surface area contributed by atoms with Crippen molar-refractivity contribution >= 4 is 23.1 Å². The van der Waals surface area contributed by atoms with Gasteiger partial charge in [0.05, 0.1) is 11.9 Å². The van der Waals surface area contributed by atoms with E-state index in [9.17, 15) is 0 Å². The maximum atomic E-state index is 6.11. The van der Waals surface area contributed by atoms with Crippen LogP contribution in [-0.4, -0.2) is 52.2 Å². The highest BCUT2D eigenvalue weighted by Gasteiger charge is 2.22. The fourth-order valence-electron chi connectivity index (χ4n) is 4.28. The van der Waals surface area contributed by atoms with Crippen molar-refractivity contribution in [2.75, 3.05) is 37.6 Å². The quantitative estimate of drug-likeness (QED) is 0.386. The molecule has 5 rings (SSSR count). The smallest absolute Gasteiger partial charge is 0.165 e. The third-order valence-corrected chi connectivity index (χ3v) is 6.12. The van der Waals surface area contributed by atoms with Crippen LogP contribution in [0.2, 0.25) is 5.02 Å². The van der Waals surface area contributed by atoms with Gasteiger partial charge in [-0.3, -0.25) is 4.90 Å². The normalized spacial score (nSPS) is 14.8. The minimum atomic E-state index is 0.719. The van der Waals surface area contributed by atoms with E-state index in [1.807, 2.05) is 53.2 Å². The SMILES string of the molecule is C=C(C)CN1CCN(c2cc(-c3ccccc3)nc3c(-c4ccc(Cl)cc4)cnn23)CC1. The van der Waals surface area contributed by atoms with Crippen molar-refractivity contribution in [3.63, 3.8) is 0 Å². The van der Waals surface area contributed by atoms with Crippen LogP contribution in [0.1, 0.15) is 6.92 Å². The lowest BCUT2D eigenvalue weighted by molar-refractivity contribution is 0.277. The molecule has 0 saturated carbocycles. The van der Waals surface area contributed by atoms with Crippen LogP contribution in [0.3, 0.4) is 0 Å². The molecule has 5 nitrogen and oxygen atoms in total. The summed E-state index contributed by atoms with van der Waals surface area (Å²) in [6.45, 7) is 11.0. The minimum absolute atomic E-state index is 0.719. The lowest BCUT2D eigenvalue weighted by Gasteiger charge is -2.36. The van der Waals surface area contributed by atoms with E-state index >= 15 is 0 Å². The molecule has 0 unspecified atom stereocenters. The summed E-state index contributed by atoms with van der Waals surface area (Å²) < 4.78 is 1.98. The lowest BCUT2D eigenvalue weighted by Crippen LogP contribution is -2.47. The third kappa shape index (κ3) is 4.14. The van der Waals surface area contributed by atoms with Crippen LogP contribution in [-0.2, 0) is 0 Å². The molecule has 0 bridgehead atoms. The molecule has 0 spiro atoms. The van der Waals surface area contributed by atoms with E-state index in [0.717, 1.165) is 71.6 Å². The molecule has 1 aliphatic heterocycles. The summed E-state index contributed by atoms with van der Waals surface area (Å²) in [6, 6.07) is 20.3. The highest BCUT2D eigenvalue weighted by Crippen LogP contribution is 2.31. The van der Waals surface area contributed by atoms with E-state index in [1.165, 1.54) is 5.57 Å². The van der Waals surface area contributed by atoms with Crippen molar-refractivity contribution in [2.45, 2.75) is 6.92 Å². The number of piperazine rings is 1. The molecule has 3 heterocycles. The van der Waals surface area contributed by atoms with Gasteiger partial charge in [0.2, 0.25) is 0 Å². The van der Waals surface area contributed by atoms with Crippen LogP contribution in [0.25, 0.3) is 28.0 Å². The predicted octanol–water partition coefficient (Wildman–Crippen LogP) is 5.41. The standard InChI is InChI=1S/C26H26ClN5/c1-19(2)18-30-12-14-31(15-13-30)25-16-24(21-6-4-3-5-7-21)29-26-23(17-28-32(25)26)20-8-10-22(27)11-9-20/h3-11,16-17H,1,12-15,18H2,2H3. The van der Waals surface area contributed by atoms with Gasteiger partial charge in [0.1, 0.15) is 5.82 Å². The van der Waals surface area contributed by atoms with Gasteiger partial charge in [-0.15, -0.1) is 0 Å². The molecule has 0 N–H and O–H groups in total. The third-order valence-electron chi connectivity index (χ3n) is 5.87. The summed E-state index contributed by atoms with van der Waals surface area (Å²) in [7, 11) is 0. The van der Waals surface area contributed by atoms with Gasteiger partial charge in [0.15, 0.2) is 5.65 Å². The first-order chi connectivity index (χ1) is 15.6. The molecule has 0 amide bonds. The van der Waals surface area contributed by atoms with Crippen molar-refractivity contribution in [1.29, 1.82) is 0 Å². The number of fused-ring (bicyclic) bond motifs is 1. The zero-order chi connectivity index (χ0) is 22.1. The molecule has 1 saturated heterocycles. The second-order valence-corrected chi connectivity index (χ2v) is 8.82. The van der Waals surface area contributed by atoms with Gasteiger partial charge < -0.3 is 4.90 Å². The van der Waals surface area contributed by atoms with Gasteiger partial charge >= 0.3 is 0 Å². The zero-order valence-electron chi connectivity index (χ0n) is 18.2. The van der Waals surface area contributed by atoms with Gasteiger partial charge in [0.25, 0.3) is 0 Å². The Labute approximate surface area is 193 Å². The molecule has 32 heavy (non-hydrogen) atoms. The summed E-state index contributed by atoms with van der Waals surface area (Å²) in [5, 5.41) is 5.47. The fraction of sp³-hybridized carbons (Fsp3) is 0.231. The van der Waals surface area contributed by atoms with Crippen molar-refractivity contribution in [2.24, 2.45) is 0 Å². The number of anilines is 1. The Hall–Kier alpha value is -3.15. The first kappa shape index (κ1) is 20.7. The molecule has 0 aliphatic carbocycles. The lowest BCUT2D eigenvalue weighted by atomic mass is 10.1. The maximum Gasteiger partial charge on any atom is 0.165 e. The Bertz CT molecular complexity index is 1240. The summed E-state index contributed by atoms with van der Waals surface area (Å²) in [4.78, 5) is 9.90. The van der Waals surface area contributed by atoms with Crippen LogP contribution in [0.4, 0.5) is 5.82 Å². The fourth-order valence-corrected chi connectivity index (χ4v) is 4.40. The second kappa shape index (κ2) is 8.77. The van der Waals surface area contributed by atoms with Crippen molar-refractivity contribution in [3.8, 4) is 22.4 Å². The molecule has 6 heteroatoms. The van der Waals surface area contributed by atoms with Crippen LogP contribution in [0.15, 0.2) is 79.0 Å². The van der Waals surface area contributed by atoms with Crippen LogP contribution >= 0.6 is 11.6 Å². The van der Waals surface area contributed by atoms with Gasteiger partial charge in [-0.05, 0) is 24.6 Å². The summed E-state index contributed by atoms with van der Waals surface area (Å²) >= 11 is 6.11. The van der Waals surface area contributed by atoms with Gasteiger partial charge in [-0.2, -0.15) is 9.61 Å². The van der Waals surface area contributed by atoms with Crippen molar-refractivity contribution in [3.05, 3.63) is 84.0 Å². The van der Waals surface area contributed by atoms with Crippen LogP contribution in [0.5, 0.6) is 0 Å². The largest absolute Gasteiger partial charge is 0.354 e. The predicted molar refractivity (Wildman–Crippen MR) is 132 cm³/mol. The Morgan fingerprint density at radius 3 is 2.38 bits per heavy atom. The molecule has 1 aliphatic rings. The highest BCUT2D eigenvalue weighted by molar-refractivity contribution is 6.30. The van der Waals surface area contributed by atoms with E-state index < -0.39 is 0 Å². The van der Waals surface area contributed by atoms with Crippen molar-refractivity contribution in [1.82, 2.24) is 19.5 Å². The molecule has 162 valence electrons. The summed E-state index contributed by atoms with van der Waals surface area (Å²) in [5.74, 6) is 1.07. The number of benzene rings is 2.